The Kier molecular flexibility index (Phi) is 8.97. The molecule has 12 heteroatoms. The maximum Gasteiger partial charge on any atom is 0.135 e. The molecule has 338 valence electrons. The summed E-state index contributed by atoms with van der Waals surface area (Å²) in [7, 11) is 0. The fourth-order valence-electron chi connectivity index (χ4n) is 12.0. The van der Waals surface area contributed by atoms with E-state index in [1.54, 1.807) is 97.1 Å². The zero-order valence-electron chi connectivity index (χ0n) is 35.8. The van der Waals surface area contributed by atoms with Gasteiger partial charge in [0.25, 0.3) is 0 Å². The van der Waals surface area contributed by atoms with E-state index in [1.807, 2.05) is 12.1 Å². The Labute approximate surface area is 388 Å². The Morgan fingerprint density at radius 3 is 1.26 bits per heavy atom. The van der Waals surface area contributed by atoms with Crippen LogP contribution in [-0.2, 0) is 0 Å². The zero-order valence-corrected chi connectivity index (χ0v) is 35.8. The van der Waals surface area contributed by atoms with Crippen molar-refractivity contribution in [2.75, 3.05) is 0 Å². The number of hydrogen-bond acceptors (Lipinski definition) is 12. The van der Waals surface area contributed by atoms with Crippen LogP contribution in [0.25, 0.3) is 0 Å². The number of rotatable bonds is 6. The lowest BCUT2D eigenvalue weighted by Crippen LogP contribution is -2.21. The van der Waals surface area contributed by atoms with Crippen LogP contribution in [0.5, 0.6) is 69.0 Å². The molecule has 12 nitrogen and oxygen atoms in total. The fourth-order valence-corrected chi connectivity index (χ4v) is 12.0. The average Bonchev–Trinajstić information content (AvgIpc) is 3.96. The van der Waals surface area contributed by atoms with Gasteiger partial charge < -0.3 is 60.5 Å². The molecule has 2 heterocycles. The Balaban J connectivity index is 1.20. The van der Waals surface area contributed by atoms with Crippen LogP contribution in [0.3, 0.4) is 0 Å². The third kappa shape index (κ3) is 6.13. The van der Waals surface area contributed by atoms with Crippen molar-refractivity contribution < 1.29 is 60.5 Å². The molecule has 0 amide bonds. The molecule has 8 atom stereocenters. The van der Waals surface area contributed by atoms with E-state index in [2.05, 4.69) is 0 Å². The number of benzene rings is 8. The number of ether oxygens (including phenoxy) is 2. The second-order valence-electron chi connectivity index (χ2n) is 18.2. The number of aromatic hydroxyl groups is 10. The number of phenolic OH excluding ortho intramolecular Hbond substituents is 10. The van der Waals surface area contributed by atoms with Crippen molar-refractivity contribution in [3.8, 4) is 69.0 Å². The molecule has 8 unspecified atom stereocenters. The van der Waals surface area contributed by atoms with Gasteiger partial charge in [0.15, 0.2) is 0 Å². The summed E-state index contributed by atoms with van der Waals surface area (Å²) in [5, 5.41) is 113. The van der Waals surface area contributed by atoms with E-state index in [9.17, 15) is 51.1 Å². The molecule has 4 aliphatic rings. The highest BCUT2D eigenvalue weighted by Gasteiger charge is 2.57. The van der Waals surface area contributed by atoms with Crippen molar-refractivity contribution in [3.63, 3.8) is 0 Å². The molecule has 0 bridgehead atoms. The van der Waals surface area contributed by atoms with Crippen molar-refractivity contribution in [1.29, 1.82) is 0 Å². The van der Waals surface area contributed by atoms with Gasteiger partial charge in [0.05, 0.1) is 11.8 Å². The fraction of sp³-hybridized carbons (Fsp3) is 0.143. The molecular formula is C56H42O12. The van der Waals surface area contributed by atoms with Gasteiger partial charge in [-0.05, 0) is 106 Å². The second kappa shape index (κ2) is 14.9. The van der Waals surface area contributed by atoms with Gasteiger partial charge in [-0.25, -0.2) is 0 Å². The standard InChI is InChI=1S/C56H42O12/c57-29-9-1-25(2-10-29)44-46-37(19-34(62)22-40(46)65)50-52-43(68-56(50)28-7-15-32(60)16-8-28)24-41(66)51-48(45(53(44)54(51)52)26-3-11-30(58)12-4-26)38-20-35(63)23-42-47(38)49(36-18-17-33(61)21-39(36)64)55(67-42)27-5-13-31(59)14-6-27/h1-24,44-45,48-50,53,55-66H. The molecule has 8 aromatic carbocycles. The number of fused-ring (bicyclic) bond motifs is 3. The SMILES string of the molecule is Oc1ccc(C2Oc3cc(O)cc(C4c5c(O)cc6c7c5C(C(c5ccc(O)cc5)c5c(O)cc(O)cc5C7C(c5ccc(O)cc5)O6)C4c4ccc(O)cc4)c3C2c2ccc(O)cc2O)cc1. The smallest absolute Gasteiger partial charge is 0.135 e. The van der Waals surface area contributed by atoms with Gasteiger partial charge in [-0.1, -0.05) is 54.6 Å². The van der Waals surface area contributed by atoms with E-state index >= 15 is 0 Å². The summed E-state index contributed by atoms with van der Waals surface area (Å²) >= 11 is 0. The molecule has 0 saturated heterocycles. The number of phenols is 10. The van der Waals surface area contributed by atoms with E-state index in [1.165, 1.54) is 36.4 Å². The Hall–Kier alpha value is -8.64. The predicted molar refractivity (Wildman–Crippen MR) is 248 cm³/mol. The van der Waals surface area contributed by atoms with Crippen LogP contribution in [0.15, 0.2) is 146 Å². The third-order valence-electron chi connectivity index (χ3n) is 14.5. The summed E-state index contributed by atoms with van der Waals surface area (Å²) in [4.78, 5) is 0. The molecule has 10 N–H and O–H groups in total. The predicted octanol–water partition coefficient (Wildman–Crippen LogP) is 10.4. The summed E-state index contributed by atoms with van der Waals surface area (Å²) in [6.07, 6.45) is -1.61. The van der Waals surface area contributed by atoms with E-state index < -0.39 is 47.7 Å². The van der Waals surface area contributed by atoms with E-state index in [0.717, 1.165) is 0 Å². The van der Waals surface area contributed by atoms with Crippen molar-refractivity contribution in [1.82, 2.24) is 0 Å². The van der Waals surface area contributed by atoms with Crippen LogP contribution < -0.4 is 9.47 Å². The van der Waals surface area contributed by atoms with Crippen LogP contribution in [0.4, 0.5) is 0 Å². The van der Waals surface area contributed by atoms with Gasteiger partial charge in [-0.2, -0.15) is 0 Å². The largest absolute Gasteiger partial charge is 0.508 e. The average molecular weight is 907 g/mol. The minimum atomic E-state index is -0.844. The molecule has 0 radical (unpaired) electrons. The summed E-state index contributed by atoms with van der Waals surface area (Å²) in [6, 6.07) is 38.6. The maximum atomic E-state index is 12.8. The van der Waals surface area contributed by atoms with E-state index in [0.29, 0.717) is 78.3 Å². The van der Waals surface area contributed by atoms with Gasteiger partial charge in [0, 0.05) is 75.8 Å². The molecule has 0 fully saturated rings. The van der Waals surface area contributed by atoms with Crippen molar-refractivity contribution >= 4 is 0 Å². The number of hydrogen-bond donors (Lipinski definition) is 10. The van der Waals surface area contributed by atoms with Crippen LogP contribution in [-0.4, -0.2) is 51.1 Å². The lowest BCUT2D eigenvalue weighted by Gasteiger charge is -2.35. The van der Waals surface area contributed by atoms with Crippen molar-refractivity contribution in [2.24, 2.45) is 0 Å². The highest BCUT2D eigenvalue weighted by atomic mass is 16.5. The third-order valence-corrected chi connectivity index (χ3v) is 14.5. The summed E-state index contributed by atoms with van der Waals surface area (Å²) in [6.45, 7) is 0. The molecule has 8 aromatic rings. The summed E-state index contributed by atoms with van der Waals surface area (Å²) < 4.78 is 13.7. The zero-order chi connectivity index (χ0) is 46.9. The summed E-state index contributed by atoms with van der Waals surface area (Å²) in [5.74, 6) is -4.78. The van der Waals surface area contributed by atoms with Crippen molar-refractivity contribution in [3.05, 3.63) is 212 Å². The Morgan fingerprint density at radius 1 is 0.265 bits per heavy atom. The molecule has 12 rings (SSSR count). The minimum Gasteiger partial charge on any atom is -0.508 e. The van der Waals surface area contributed by atoms with Gasteiger partial charge >= 0.3 is 0 Å². The van der Waals surface area contributed by atoms with Gasteiger partial charge in [0.2, 0.25) is 0 Å². The molecule has 2 aliphatic heterocycles. The first kappa shape index (κ1) is 40.8. The highest BCUT2D eigenvalue weighted by molar-refractivity contribution is 5.74. The van der Waals surface area contributed by atoms with Gasteiger partial charge in [0.1, 0.15) is 81.2 Å². The lowest BCUT2D eigenvalue weighted by atomic mass is 9.68. The van der Waals surface area contributed by atoms with Gasteiger partial charge in [-0.3, -0.25) is 0 Å². The topological polar surface area (TPSA) is 221 Å². The normalized spacial score (nSPS) is 22.6. The van der Waals surface area contributed by atoms with Gasteiger partial charge in [-0.15, -0.1) is 0 Å². The molecule has 0 spiro atoms. The first-order valence-electron chi connectivity index (χ1n) is 22.2. The maximum absolute atomic E-state index is 12.8. The van der Waals surface area contributed by atoms with Crippen molar-refractivity contribution in [2.45, 2.75) is 47.7 Å². The van der Waals surface area contributed by atoms with E-state index in [4.69, 9.17) is 9.47 Å². The first-order chi connectivity index (χ1) is 32.8. The second-order valence-corrected chi connectivity index (χ2v) is 18.2. The Bertz CT molecular complexity index is 3330. The van der Waals surface area contributed by atoms with Crippen LogP contribution >= 0.6 is 0 Å². The lowest BCUT2D eigenvalue weighted by molar-refractivity contribution is 0.220. The molecule has 2 aliphatic carbocycles. The molecule has 0 aromatic heterocycles. The molecule has 0 saturated carbocycles. The first-order valence-corrected chi connectivity index (χ1v) is 22.2. The molecular weight excluding hydrogens is 865 g/mol. The monoisotopic (exact) mass is 906 g/mol. The van der Waals surface area contributed by atoms with E-state index in [-0.39, 0.29) is 57.5 Å². The van der Waals surface area contributed by atoms with Crippen LogP contribution in [0.1, 0.15) is 114 Å². The van der Waals surface area contributed by atoms with Crippen LogP contribution in [0.2, 0.25) is 0 Å². The summed E-state index contributed by atoms with van der Waals surface area (Å²) in [5.41, 5.74) is 7.13. The quantitative estimate of drug-likeness (QED) is 0.0753. The van der Waals surface area contributed by atoms with Crippen LogP contribution in [0, 0.1) is 0 Å². The highest BCUT2D eigenvalue weighted by Crippen LogP contribution is 2.72. The minimum absolute atomic E-state index is 0.00965. The Morgan fingerprint density at radius 2 is 0.706 bits per heavy atom. The molecule has 68 heavy (non-hydrogen) atoms.